The summed E-state index contributed by atoms with van der Waals surface area (Å²) in [7, 11) is 0. The van der Waals surface area contributed by atoms with E-state index < -0.39 is 6.04 Å². The Labute approximate surface area is 114 Å². The molecular formula is C15H22N2O2. The first-order chi connectivity index (χ1) is 9.18. The molecule has 0 bridgehead atoms. The normalized spacial score (nSPS) is 21.2. The average molecular weight is 262 g/mol. The fraction of sp³-hybridized carbons (Fsp3) is 0.533. The van der Waals surface area contributed by atoms with Crippen LogP contribution in [0.4, 0.5) is 0 Å². The second kappa shape index (κ2) is 6.68. The fourth-order valence-electron chi connectivity index (χ4n) is 2.36. The van der Waals surface area contributed by atoms with Gasteiger partial charge in [0.1, 0.15) is 0 Å². The summed E-state index contributed by atoms with van der Waals surface area (Å²) in [5.74, 6) is 0.0479. The Morgan fingerprint density at radius 3 is 2.89 bits per heavy atom. The first-order valence-electron chi connectivity index (χ1n) is 6.86. The molecule has 0 aliphatic carbocycles. The largest absolute Gasteiger partial charge is 0.377 e. The zero-order chi connectivity index (χ0) is 13.7. The fourth-order valence-corrected chi connectivity index (χ4v) is 2.36. The lowest BCUT2D eigenvalue weighted by atomic mass is 10.0. The minimum Gasteiger partial charge on any atom is -0.377 e. The molecule has 2 atom stereocenters. The van der Waals surface area contributed by atoms with E-state index in [-0.39, 0.29) is 11.9 Å². The van der Waals surface area contributed by atoms with Gasteiger partial charge in [-0.05, 0) is 25.3 Å². The molecule has 1 heterocycles. The van der Waals surface area contributed by atoms with Gasteiger partial charge in [-0.15, -0.1) is 0 Å². The monoisotopic (exact) mass is 262 g/mol. The van der Waals surface area contributed by atoms with E-state index >= 15 is 0 Å². The van der Waals surface area contributed by atoms with Crippen molar-refractivity contribution < 1.29 is 9.53 Å². The van der Waals surface area contributed by atoms with Crippen LogP contribution in [-0.2, 0) is 16.0 Å². The van der Waals surface area contributed by atoms with E-state index in [4.69, 9.17) is 10.5 Å². The zero-order valence-corrected chi connectivity index (χ0v) is 11.4. The van der Waals surface area contributed by atoms with E-state index in [0.717, 1.165) is 6.42 Å². The number of benzene rings is 1. The molecule has 1 amide bonds. The van der Waals surface area contributed by atoms with Gasteiger partial charge in [0.15, 0.2) is 0 Å². The minimum absolute atomic E-state index is 0.0479. The molecule has 4 nitrogen and oxygen atoms in total. The maximum Gasteiger partial charge on any atom is 0.239 e. The standard InChI is InChI=1S/C15H22N2O2/c1-12-11-19-10-9-17(12)15(18)14(16)8-7-13-5-3-2-4-6-13/h2-6,12,14H,7-11,16H2,1H3/t12?,14-/m0/s1. The van der Waals surface area contributed by atoms with Gasteiger partial charge in [0, 0.05) is 6.54 Å². The Balaban J connectivity index is 1.85. The second-order valence-electron chi connectivity index (χ2n) is 5.09. The van der Waals surface area contributed by atoms with Crippen LogP contribution >= 0.6 is 0 Å². The van der Waals surface area contributed by atoms with Crippen molar-refractivity contribution in [2.75, 3.05) is 19.8 Å². The van der Waals surface area contributed by atoms with Gasteiger partial charge in [0.25, 0.3) is 0 Å². The summed E-state index contributed by atoms with van der Waals surface area (Å²) >= 11 is 0. The van der Waals surface area contributed by atoms with Crippen LogP contribution in [0.25, 0.3) is 0 Å². The number of carbonyl (C=O) groups is 1. The molecule has 4 heteroatoms. The number of carbonyl (C=O) groups excluding carboxylic acids is 1. The van der Waals surface area contributed by atoms with Gasteiger partial charge in [-0.3, -0.25) is 4.79 Å². The smallest absolute Gasteiger partial charge is 0.239 e. The third-order valence-electron chi connectivity index (χ3n) is 3.55. The maximum absolute atomic E-state index is 12.3. The van der Waals surface area contributed by atoms with Crippen LogP contribution in [0.2, 0.25) is 0 Å². The van der Waals surface area contributed by atoms with Gasteiger partial charge in [0.05, 0.1) is 25.3 Å². The summed E-state index contributed by atoms with van der Waals surface area (Å²) in [6.07, 6.45) is 1.53. The van der Waals surface area contributed by atoms with Crippen LogP contribution in [-0.4, -0.2) is 42.6 Å². The molecule has 1 fully saturated rings. The Bertz CT molecular complexity index is 408. The van der Waals surface area contributed by atoms with Crippen LogP contribution in [0.5, 0.6) is 0 Å². The highest BCUT2D eigenvalue weighted by Crippen LogP contribution is 2.11. The summed E-state index contributed by atoms with van der Waals surface area (Å²) in [5.41, 5.74) is 7.25. The summed E-state index contributed by atoms with van der Waals surface area (Å²) < 4.78 is 5.34. The van der Waals surface area contributed by atoms with Crippen molar-refractivity contribution in [1.82, 2.24) is 4.90 Å². The molecule has 1 aromatic carbocycles. The first-order valence-corrected chi connectivity index (χ1v) is 6.86. The molecule has 1 aliphatic rings. The predicted octanol–water partition coefficient (Wildman–Crippen LogP) is 1.19. The lowest BCUT2D eigenvalue weighted by Crippen LogP contribution is -2.53. The van der Waals surface area contributed by atoms with E-state index in [9.17, 15) is 4.79 Å². The number of hydrogen-bond acceptors (Lipinski definition) is 3. The number of morpholine rings is 1. The van der Waals surface area contributed by atoms with Crippen molar-refractivity contribution in [3.8, 4) is 0 Å². The number of hydrogen-bond donors (Lipinski definition) is 1. The summed E-state index contributed by atoms with van der Waals surface area (Å²) in [4.78, 5) is 14.1. The summed E-state index contributed by atoms with van der Waals surface area (Å²) in [6, 6.07) is 9.84. The third-order valence-corrected chi connectivity index (χ3v) is 3.55. The topological polar surface area (TPSA) is 55.6 Å². The second-order valence-corrected chi connectivity index (χ2v) is 5.09. The summed E-state index contributed by atoms with van der Waals surface area (Å²) in [5, 5.41) is 0. The van der Waals surface area contributed by atoms with Crippen LogP contribution in [0.1, 0.15) is 18.9 Å². The van der Waals surface area contributed by atoms with Crippen molar-refractivity contribution >= 4 is 5.91 Å². The molecule has 19 heavy (non-hydrogen) atoms. The molecule has 0 aromatic heterocycles. The Morgan fingerprint density at radius 1 is 1.47 bits per heavy atom. The van der Waals surface area contributed by atoms with Gasteiger partial charge < -0.3 is 15.4 Å². The Morgan fingerprint density at radius 2 is 2.21 bits per heavy atom. The van der Waals surface area contributed by atoms with Gasteiger partial charge in [0.2, 0.25) is 5.91 Å². The van der Waals surface area contributed by atoms with E-state index in [2.05, 4.69) is 12.1 Å². The maximum atomic E-state index is 12.3. The Kier molecular flexibility index (Phi) is 4.93. The van der Waals surface area contributed by atoms with Gasteiger partial charge in [-0.1, -0.05) is 30.3 Å². The van der Waals surface area contributed by atoms with Crippen LogP contribution in [0.3, 0.4) is 0 Å². The molecule has 2 rings (SSSR count). The first kappa shape index (κ1) is 14.0. The predicted molar refractivity (Wildman–Crippen MR) is 74.7 cm³/mol. The van der Waals surface area contributed by atoms with E-state index in [1.165, 1.54) is 5.56 Å². The van der Waals surface area contributed by atoms with Gasteiger partial charge in [-0.25, -0.2) is 0 Å². The highest BCUT2D eigenvalue weighted by Gasteiger charge is 2.27. The van der Waals surface area contributed by atoms with Crippen LogP contribution in [0, 0.1) is 0 Å². The number of aryl methyl sites for hydroxylation is 1. The van der Waals surface area contributed by atoms with Crippen molar-refractivity contribution in [3.05, 3.63) is 35.9 Å². The lowest BCUT2D eigenvalue weighted by Gasteiger charge is -2.35. The van der Waals surface area contributed by atoms with Crippen LogP contribution < -0.4 is 5.73 Å². The zero-order valence-electron chi connectivity index (χ0n) is 11.4. The molecule has 1 saturated heterocycles. The molecule has 0 saturated carbocycles. The van der Waals surface area contributed by atoms with Crippen molar-refractivity contribution in [3.63, 3.8) is 0 Å². The summed E-state index contributed by atoms with van der Waals surface area (Å²) in [6.45, 7) is 3.87. The number of ether oxygens (including phenoxy) is 1. The number of nitrogens with zero attached hydrogens (tertiary/aromatic N) is 1. The number of rotatable bonds is 4. The molecule has 1 aromatic rings. The molecule has 104 valence electrons. The number of nitrogens with two attached hydrogens (primary N) is 1. The highest BCUT2D eigenvalue weighted by atomic mass is 16.5. The Hall–Kier alpha value is -1.39. The third kappa shape index (κ3) is 3.78. The quantitative estimate of drug-likeness (QED) is 0.887. The molecular weight excluding hydrogens is 240 g/mol. The minimum atomic E-state index is -0.416. The average Bonchev–Trinajstić information content (AvgIpc) is 2.45. The molecule has 2 N–H and O–H groups in total. The number of amides is 1. The molecule has 0 spiro atoms. The van der Waals surface area contributed by atoms with Crippen molar-refractivity contribution in [1.29, 1.82) is 0 Å². The van der Waals surface area contributed by atoms with Gasteiger partial charge >= 0.3 is 0 Å². The van der Waals surface area contributed by atoms with E-state index in [1.807, 2.05) is 30.0 Å². The molecule has 1 unspecified atom stereocenters. The van der Waals surface area contributed by atoms with Crippen molar-refractivity contribution in [2.24, 2.45) is 5.73 Å². The van der Waals surface area contributed by atoms with Gasteiger partial charge in [-0.2, -0.15) is 0 Å². The highest BCUT2D eigenvalue weighted by molar-refractivity contribution is 5.82. The molecule has 1 aliphatic heterocycles. The SMILES string of the molecule is CC1COCCN1C(=O)[C@@H](N)CCc1ccccc1. The molecule has 0 radical (unpaired) electrons. The van der Waals surface area contributed by atoms with Crippen molar-refractivity contribution in [2.45, 2.75) is 31.8 Å². The van der Waals surface area contributed by atoms with Crippen LogP contribution in [0.15, 0.2) is 30.3 Å². The van der Waals surface area contributed by atoms with E-state index in [0.29, 0.717) is 26.2 Å². The van der Waals surface area contributed by atoms with E-state index in [1.54, 1.807) is 0 Å². The lowest BCUT2D eigenvalue weighted by molar-refractivity contribution is -0.140.